The molecule has 1 amide bonds. The van der Waals surface area contributed by atoms with Crippen molar-refractivity contribution in [1.29, 1.82) is 0 Å². The van der Waals surface area contributed by atoms with E-state index in [0.29, 0.717) is 18.0 Å². The third kappa shape index (κ3) is 5.44. The zero-order valence-electron chi connectivity index (χ0n) is 13.7. The molecule has 24 heavy (non-hydrogen) atoms. The van der Waals surface area contributed by atoms with Crippen molar-refractivity contribution < 1.29 is 19.4 Å². The highest BCUT2D eigenvalue weighted by Crippen LogP contribution is 2.28. The van der Waals surface area contributed by atoms with Gasteiger partial charge in [-0.05, 0) is 12.3 Å². The van der Waals surface area contributed by atoms with Crippen molar-refractivity contribution >= 4 is 41.3 Å². The van der Waals surface area contributed by atoms with Crippen LogP contribution in [0.2, 0.25) is 0 Å². The van der Waals surface area contributed by atoms with Crippen LogP contribution in [0, 0.1) is 5.92 Å². The Hall–Kier alpha value is -1.15. The normalized spacial score (nSPS) is 17.5. The molecule has 0 aliphatic heterocycles. The average molecular weight is 377 g/mol. The van der Waals surface area contributed by atoms with Gasteiger partial charge in [-0.1, -0.05) is 32.1 Å². The largest absolute Gasteiger partial charge is 0.465 e. The number of aliphatic hydroxyl groups excluding tert-OH is 1. The molecule has 1 unspecified atom stereocenters. The van der Waals surface area contributed by atoms with Crippen molar-refractivity contribution in [1.82, 2.24) is 0 Å². The third-order valence-electron chi connectivity index (χ3n) is 4.33. The lowest BCUT2D eigenvalue weighted by atomic mass is 9.84. The monoisotopic (exact) mass is 376 g/mol. The Morgan fingerprint density at radius 3 is 2.67 bits per heavy atom. The molecule has 2 atom stereocenters. The Balaban J connectivity index is 0.00000288. The number of esters is 1. The molecule has 1 aliphatic rings. The van der Waals surface area contributed by atoms with E-state index in [9.17, 15) is 14.7 Å². The quantitative estimate of drug-likeness (QED) is 0.662. The smallest absolute Gasteiger partial charge is 0.340 e. The molecule has 1 fully saturated rings. The Kier molecular flexibility index (Phi) is 8.69. The van der Waals surface area contributed by atoms with Crippen LogP contribution in [0.3, 0.4) is 0 Å². The molecule has 2 rings (SSSR count). The van der Waals surface area contributed by atoms with Crippen LogP contribution in [0.25, 0.3) is 0 Å². The first-order valence-electron chi connectivity index (χ1n) is 7.92. The van der Waals surface area contributed by atoms with Crippen molar-refractivity contribution in [3.8, 4) is 0 Å². The van der Waals surface area contributed by atoms with E-state index in [1.54, 1.807) is 10.8 Å². The van der Waals surface area contributed by atoms with Gasteiger partial charge in [-0.2, -0.15) is 0 Å². The van der Waals surface area contributed by atoms with Crippen LogP contribution < -0.4 is 11.1 Å². The van der Waals surface area contributed by atoms with Gasteiger partial charge in [0.25, 0.3) is 5.91 Å². The molecule has 0 spiro atoms. The van der Waals surface area contributed by atoms with Gasteiger partial charge in [-0.15, -0.1) is 23.7 Å². The molecular weight excluding hydrogens is 352 g/mol. The van der Waals surface area contributed by atoms with E-state index in [1.807, 2.05) is 0 Å². The Morgan fingerprint density at radius 2 is 2.04 bits per heavy atom. The van der Waals surface area contributed by atoms with E-state index in [4.69, 9.17) is 5.73 Å². The van der Waals surface area contributed by atoms with Gasteiger partial charge in [-0.3, -0.25) is 4.79 Å². The number of nitrogens with one attached hydrogen (secondary N) is 1. The first-order chi connectivity index (χ1) is 11.0. The van der Waals surface area contributed by atoms with Gasteiger partial charge < -0.3 is 20.9 Å². The third-order valence-corrected chi connectivity index (χ3v) is 5.07. The predicted octanol–water partition coefficient (Wildman–Crippen LogP) is 2.55. The molecule has 6 nitrogen and oxygen atoms in total. The van der Waals surface area contributed by atoms with E-state index in [1.165, 1.54) is 37.7 Å². The van der Waals surface area contributed by atoms with Gasteiger partial charge >= 0.3 is 5.97 Å². The molecule has 1 aromatic heterocycles. The Bertz CT molecular complexity index is 546. The van der Waals surface area contributed by atoms with E-state index in [2.05, 4.69) is 10.1 Å². The minimum Gasteiger partial charge on any atom is -0.465 e. The highest BCUT2D eigenvalue weighted by atomic mass is 35.5. The van der Waals surface area contributed by atoms with Crippen LogP contribution >= 0.6 is 23.7 Å². The van der Waals surface area contributed by atoms with Crippen LogP contribution in [0.5, 0.6) is 0 Å². The van der Waals surface area contributed by atoms with Crippen molar-refractivity contribution in [2.24, 2.45) is 11.7 Å². The second-order valence-corrected chi connectivity index (χ2v) is 6.77. The van der Waals surface area contributed by atoms with Gasteiger partial charge in [-0.25, -0.2) is 4.79 Å². The van der Waals surface area contributed by atoms with E-state index in [-0.39, 0.29) is 18.0 Å². The molecule has 1 heterocycles. The van der Waals surface area contributed by atoms with Crippen LogP contribution in [-0.4, -0.2) is 36.2 Å². The topological polar surface area (TPSA) is 102 Å². The highest BCUT2D eigenvalue weighted by Gasteiger charge is 2.27. The Labute approximate surface area is 152 Å². The van der Waals surface area contributed by atoms with Crippen LogP contribution in [-0.2, 0) is 9.53 Å². The molecular formula is C16H25ClN2O4S. The number of thiophene rings is 1. The number of ether oxygens (including phenoxy) is 1. The Morgan fingerprint density at radius 1 is 1.38 bits per heavy atom. The second kappa shape index (κ2) is 9.98. The molecule has 1 aromatic rings. The fourth-order valence-corrected chi connectivity index (χ4v) is 3.75. The number of carbonyl (C=O) groups is 2. The summed E-state index contributed by atoms with van der Waals surface area (Å²) in [5.74, 6) is -0.632. The zero-order valence-corrected chi connectivity index (χ0v) is 15.3. The van der Waals surface area contributed by atoms with E-state index < -0.39 is 24.0 Å². The summed E-state index contributed by atoms with van der Waals surface area (Å²) in [5.41, 5.74) is 6.62. The fourth-order valence-electron chi connectivity index (χ4n) is 3.00. The maximum Gasteiger partial charge on any atom is 0.340 e. The minimum atomic E-state index is -1.29. The number of nitrogens with two attached hydrogens (primary N) is 1. The number of anilines is 1. The predicted molar refractivity (Wildman–Crippen MR) is 96.7 cm³/mol. The summed E-state index contributed by atoms with van der Waals surface area (Å²) in [7, 11) is 1.28. The van der Waals surface area contributed by atoms with Crippen molar-refractivity contribution in [3.05, 3.63) is 16.3 Å². The summed E-state index contributed by atoms with van der Waals surface area (Å²) in [6.45, 7) is 0. The number of carbonyl (C=O) groups excluding carboxylic acids is 2. The number of amides is 1. The van der Waals surface area contributed by atoms with Gasteiger partial charge in [0.05, 0.1) is 18.4 Å². The number of methoxy groups -OCH3 is 1. The van der Waals surface area contributed by atoms with Crippen LogP contribution in [0.4, 0.5) is 5.69 Å². The SMILES string of the molecule is COC(=O)c1cscc1NC(=O)C(O)[C@H](N)CC1CCCCC1.Cl. The van der Waals surface area contributed by atoms with Gasteiger partial charge in [0.2, 0.25) is 0 Å². The van der Waals surface area contributed by atoms with Gasteiger partial charge in [0, 0.05) is 16.8 Å². The molecule has 4 N–H and O–H groups in total. The van der Waals surface area contributed by atoms with Crippen LogP contribution in [0.1, 0.15) is 48.9 Å². The first kappa shape index (κ1) is 20.9. The standard InChI is InChI=1S/C16H24N2O4S.ClH/c1-22-16(21)11-8-23-9-13(11)18-15(20)14(19)12(17)7-10-5-3-2-4-6-10;/h8-10,12,14,19H,2-7,17H2,1H3,(H,18,20);1H/t12-,14?;/m1./s1. The summed E-state index contributed by atoms with van der Waals surface area (Å²) in [6, 6.07) is -0.599. The summed E-state index contributed by atoms with van der Waals surface area (Å²) >= 11 is 1.27. The van der Waals surface area contributed by atoms with Crippen molar-refractivity contribution in [2.45, 2.75) is 50.7 Å². The van der Waals surface area contributed by atoms with Crippen molar-refractivity contribution in [3.63, 3.8) is 0 Å². The zero-order chi connectivity index (χ0) is 16.8. The number of halogens is 1. The number of rotatable bonds is 6. The first-order valence-corrected chi connectivity index (χ1v) is 8.86. The summed E-state index contributed by atoms with van der Waals surface area (Å²) in [5, 5.41) is 15.9. The lowest BCUT2D eigenvalue weighted by Crippen LogP contribution is -2.44. The molecule has 0 radical (unpaired) electrons. The summed E-state index contributed by atoms with van der Waals surface area (Å²) < 4.78 is 4.65. The maximum absolute atomic E-state index is 12.2. The number of aliphatic hydroxyl groups is 1. The maximum atomic E-state index is 12.2. The molecule has 0 saturated heterocycles. The minimum absolute atomic E-state index is 0. The lowest BCUT2D eigenvalue weighted by Gasteiger charge is -2.26. The number of hydrogen-bond acceptors (Lipinski definition) is 6. The summed E-state index contributed by atoms with van der Waals surface area (Å²) in [6.07, 6.45) is 5.21. The highest BCUT2D eigenvalue weighted by molar-refractivity contribution is 7.08. The lowest BCUT2D eigenvalue weighted by molar-refractivity contribution is -0.125. The molecule has 0 aromatic carbocycles. The molecule has 8 heteroatoms. The van der Waals surface area contributed by atoms with E-state index >= 15 is 0 Å². The molecule has 0 bridgehead atoms. The molecule has 136 valence electrons. The summed E-state index contributed by atoms with van der Waals surface area (Å²) in [4.78, 5) is 23.8. The average Bonchev–Trinajstić information content (AvgIpc) is 3.02. The second-order valence-electron chi connectivity index (χ2n) is 6.03. The van der Waals surface area contributed by atoms with Gasteiger partial charge in [0.15, 0.2) is 0 Å². The van der Waals surface area contributed by atoms with Crippen LogP contribution in [0.15, 0.2) is 10.8 Å². The van der Waals surface area contributed by atoms with Gasteiger partial charge in [0.1, 0.15) is 6.10 Å². The molecule has 1 aliphatic carbocycles. The van der Waals surface area contributed by atoms with E-state index in [0.717, 1.165) is 12.8 Å². The number of hydrogen-bond donors (Lipinski definition) is 3. The molecule has 1 saturated carbocycles. The fraction of sp³-hybridized carbons (Fsp3) is 0.625. The van der Waals surface area contributed by atoms with Crippen molar-refractivity contribution in [2.75, 3.05) is 12.4 Å².